The van der Waals surface area contributed by atoms with Gasteiger partial charge in [-0.05, 0) is 50.3 Å². The lowest BCUT2D eigenvalue weighted by molar-refractivity contribution is 0.177. The van der Waals surface area contributed by atoms with Crippen LogP contribution in [0.5, 0.6) is 0 Å². The van der Waals surface area contributed by atoms with E-state index in [9.17, 15) is 8.42 Å². The molecule has 0 amide bonds. The number of rotatable bonds is 7. The van der Waals surface area contributed by atoms with Gasteiger partial charge in [-0.2, -0.15) is 4.98 Å². The first kappa shape index (κ1) is 21.3. The molecule has 1 N–H and O–H groups in total. The van der Waals surface area contributed by atoms with Crippen molar-refractivity contribution in [2.75, 3.05) is 13.1 Å². The predicted octanol–water partition coefficient (Wildman–Crippen LogP) is 3.40. The summed E-state index contributed by atoms with van der Waals surface area (Å²) in [6, 6.07) is 17.1. The minimum Gasteiger partial charge on any atom is -0.338 e. The summed E-state index contributed by atoms with van der Waals surface area (Å²) in [4.78, 5) is 7.28. The number of hydrogen-bond acceptors (Lipinski definition) is 6. The molecule has 2 fully saturated rings. The topological polar surface area (TPSA) is 88.3 Å². The monoisotopic (exact) mass is 452 g/mol. The fraction of sp³-hybridized carbons (Fsp3) is 0.417. The highest BCUT2D eigenvalue weighted by Crippen LogP contribution is 2.52. The molecule has 0 bridgehead atoms. The molecule has 1 saturated carbocycles. The van der Waals surface area contributed by atoms with Crippen LogP contribution < -0.4 is 4.72 Å². The highest BCUT2D eigenvalue weighted by Gasteiger charge is 2.50. The lowest BCUT2D eigenvalue weighted by Gasteiger charge is -2.31. The molecule has 168 valence electrons. The van der Waals surface area contributed by atoms with Crippen LogP contribution in [0, 0.1) is 6.92 Å². The Morgan fingerprint density at radius 3 is 2.41 bits per heavy atom. The summed E-state index contributed by atoms with van der Waals surface area (Å²) in [5, 5.41) is 4.31. The van der Waals surface area contributed by atoms with E-state index in [2.05, 4.69) is 46.0 Å². The molecule has 2 heterocycles. The molecule has 7 nitrogen and oxygen atoms in total. The molecule has 1 aromatic heterocycles. The maximum Gasteiger partial charge on any atom is 0.240 e. The van der Waals surface area contributed by atoms with Gasteiger partial charge in [0, 0.05) is 19.1 Å². The number of likely N-dealkylation sites (tertiary alicyclic amines) is 1. The summed E-state index contributed by atoms with van der Waals surface area (Å²) in [5.41, 5.74) is 2.40. The number of nitrogens with zero attached hydrogens (tertiary/aromatic N) is 3. The number of sulfonamides is 1. The lowest BCUT2D eigenvalue weighted by Crippen LogP contribution is -2.44. The second-order valence-electron chi connectivity index (χ2n) is 8.94. The molecule has 0 radical (unpaired) electrons. The van der Waals surface area contributed by atoms with Crippen LogP contribution in [0.3, 0.4) is 0 Å². The Morgan fingerprint density at radius 2 is 1.75 bits per heavy atom. The molecule has 0 spiro atoms. The van der Waals surface area contributed by atoms with Gasteiger partial charge in [-0.25, -0.2) is 13.1 Å². The number of nitrogens with one attached hydrogen (secondary N) is 1. The van der Waals surface area contributed by atoms with Gasteiger partial charge in [0.05, 0.1) is 16.9 Å². The molecule has 2 aliphatic rings. The summed E-state index contributed by atoms with van der Waals surface area (Å²) in [7, 11) is -3.48. The normalized spacial score (nSPS) is 19.2. The van der Waals surface area contributed by atoms with E-state index >= 15 is 0 Å². The number of piperidine rings is 1. The van der Waals surface area contributed by atoms with E-state index in [1.54, 1.807) is 24.3 Å². The minimum absolute atomic E-state index is 0.0639. The average molecular weight is 453 g/mol. The van der Waals surface area contributed by atoms with Crippen LogP contribution in [0.2, 0.25) is 0 Å². The second-order valence-corrected chi connectivity index (χ2v) is 10.7. The van der Waals surface area contributed by atoms with Crippen molar-refractivity contribution in [2.24, 2.45) is 0 Å². The van der Waals surface area contributed by atoms with Crippen LogP contribution >= 0.6 is 0 Å². The van der Waals surface area contributed by atoms with Crippen LogP contribution in [0.15, 0.2) is 64.0 Å². The average Bonchev–Trinajstić information content (AvgIpc) is 3.48. The largest absolute Gasteiger partial charge is 0.338 e. The fourth-order valence-corrected chi connectivity index (χ4v) is 5.77. The third kappa shape index (κ3) is 4.35. The standard InChI is InChI=1S/C24H28N4O3S/c1-18-7-9-19(10-8-18)24(13-14-24)23-25-22(31-26-23)17-28-15-11-20(12-16-28)27-32(29,30)21-5-3-2-4-6-21/h2-10,20,27H,11-17H2,1H3. The smallest absolute Gasteiger partial charge is 0.240 e. The summed E-state index contributed by atoms with van der Waals surface area (Å²) in [6.45, 7) is 4.24. The van der Waals surface area contributed by atoms with Gasteiger partial charge in [0.15, 0.2) is 5.82 Å². The third-order valence-electron chi connectivity index (χ3n) is 6.57. The van der Waals surface area contributed by atoms with Gasteiger partial charge in [-0.1, -0.05) is 53.2 Å². The second kappa shape index (κ2) is 8.42. The molecule has 0 unspecified atom stereocenters. The first-order chi connectivity index (χ1) is 15.4. The highest BCUT2D eigenvalue weighted by molar-refractivity contribution is 7.89. The number of benzene rings is 2. The summed E-state index contributed by atoms with van der Waals surface area (Å²) < 4.78 is 33.5. The zero-order chi connectivity index (χ0) is 22.2. The number of aryl methyl sites for hydroxylation is 1. The Balaban J connectivity index is 1.17. The molecular formula is C24H28N4O3S. The Hall–Kier alpha value is -2.55. The number of aromatic nitrogens is 2. The molecule has 3 aromatic rings. The maximum atomic E-state index is 12.6. The van der Waals surface area contributed by atoms with Crippen LogP contribution in [-0.4, -0.2) is 42.6 Å². The van der Waals surface area contributed by atoms with Crippen molar-refractivity contribution in [1.29, 1.82) is 0 Å². The molecule has 32 heavy (non-hydrogen) atoms. The van der Waals surface area contributed by atoms with E-state index in [1.165, 1.54) is 11.1 Å². The van der Waals surface area contributed by atoms with Crippen LogP contribution in [0.25, 0.3) is 0 Å². The Kier molecular flexibility index (Phi) is 5.61. The highest BCUT2D eigenvalue weighted by atomic mass is 32.2. The summed E-state index contributed by atoms with van der Waals surface area (Å²) >= 11 is 0. The molecule has 0 atom stereocenters. The SMILES string of the molecule is Cc1ccc(C2(c3noc(CN4CCC(NS(=O)(=O)c5ccccc5)CC4)n3)CC2)cc1. The fourth-order valence-electron chi connectivity index (χ4n) is 4.44. The van der Waals surface area contributed by atoms with E-state index in [-0.39, 0.29) is 11.5 Å². The van der Waals surface area contributed by atoms with Crippen molar-refractivity contribution in [2.45, 2.75) is 55.5 Å². The molecule has 1 aliphatic heterocycles. The van der Waals surface area contributed by atoms with E-state index in [0.717, 1.165) is 44.6 Å². The van der Waals surface area contributed by atoms with Crippen molar-refractivity contribution in [1.82, 2.24) is 19.8 Å². The van der Waals surface area contributed by atoms with Gasteiger partial charge >= 0.3 is 0 Å². The van der Waals surface area contributed by atoms with E-state index in [0.29, 0.717) is 17.3 Å². The van der Waals surface area contributed by atoms with Gasteiger partial charge < -0.3 is 4.52 Å². The zero-order valence-corrected chi connectivity index (χ0v) is 19.0. The predicted molar refractivity (Wildman–Crippen MR) is 121 cm³/mol. The maximum absolute atomic E-state index is 12.6. The first-order valence-electron chi connectivity index (χ1n) is 11.1. The van der Waals surface area contributed by atoms with Gasteiger partial charge in [0.1, 0.15) is 0 Å². The van der Waals surface area contributed by atoms with Gasteiger partial charge in [0.2, 0.25) is 15.9 Å². The quantitative estimate of drug-likeness (QED) is 0.591. The van der Waals surface area contributed by atoms with Crippen molar-refractivity contribution >= 4 is 10.0 Å². The molecule has 1 saturated heterocycles. The Labute approximate surface area is 188 Å². The van der Waals surface area contributed by atoms with E-state index in [4.69, 9.17) is 9.51 Å². The molecule has 1 aliphatic carbocycles. The molecular weight excluding hydrogens is 424 g/mol. The summed E-state index contributed by atoms with van der Waals surface area (Å²) in [5.74, 6) is 1.41. The Bertz CT molecular complexity index is 1160. The summed E-state index contributed by atoms with van der Waals surface area (Å²) in [6.07, 6.45) is 3.59. The first-order valence-corrected chi connectivity index (χ1v) is 12.6. The third-order valence-corrected chi connectivity index (χ3v) is 8.11. The van der Waals surface area contributed by atoms with Gasteiger partial charge in [-0.3, -0.25) is 4.90 Å². The molecule has 5 rings (SSSR count). The van der Waals surface area contributed by atoms with Crippen LogP contribution in [0.4, 0.5) is 0 Å². The zero-order valence-electron chi connectivity index (χ0n) is 18.2. The van der Waals surface area contributed by atoms with E-state index in [1.807, 2.05) is 6.07 Å². The minimum atomic E-state index is -3.48. The van der Waals surface area contributed by atoms with Crippen molar-refractivity contribution in [3.05, 3.63) is 77.4 Å². The molecule has 2 aromatic carbocycles. The number of hydrogen-bond donors (Lipinski definition) is 1. The van der Waals surface area contributed by atoms with Crippen molar-refractivity contribution in [3.63, 3.8) is 0 Å². The molecule has 8 heteroatoms. The van der Waals surface area contributed by atoms with Crippen molar-refractivity contribution < 1.29 is 12.9 Å². The van der Waals surface area contributed by atoms with Crippen LogP contribution in [0.1, 0.15) is 48.5 Å². The lowest BCUT2D eigenvalue weighted by atomic mass is 9.94. The van der Waals surface area contributed by atoms with Gasteiger partial charge in [-0.15, -0.1) is 0 Å². The Morgan fingerprint density at radius 1 is 1.06 bits per heavy atom. The van der Waals surface area contributed by atoms with Crippen LogP contribution in [-0.2, 0) is 22.0 Å². The van der Waals surface area contributed by atoms with E-state index < -0.39 is 10.0 Å². The van der Waals surface area contributed by atoms with Crippen molar-refractivity contribution in [3.8, 4) is 0 Å². The van der Waals surface area contributed by atoms with Gasteiger partial charge in [0.25, 0.3) is 0 Å².